The van der Waals surface area contributed by atoms with Crippen LogP contribution in [0.15, 0.2) is 0 Å². The Hall–Kier alpha value is -0.0800. The van der Waals surface area contributed by atoms with Crippen molar-refractivity contribution in [2.45, 2.75) is 90.6 Å². The first-order valence-electron chi connectivity index (χ1n) is 8.07. The zero-order valence-electron chi connectivity index (χ0n) is 12.6. The largest absolute Gasteiger partial charge is 0.394 e. The zero-order valence-corrected chi connectivity index (χ0v) is 12.6. The van der Waals surface area contributed by atoms with E-state index in [-0.39, 0.29) is 6.61 Å². The summed E-state index contributed by atoms with van der Waals surface area (Å²) in [5, 5.41) is 8.84. The summed E-state index contributed by atoms with van der Waals surface area (Å²) in [5.74, 6) is 0. The van der Waals surface area contributed by atoms with Crippen molar-refractivity contribution in [3.63, 3.8) is 0 Å². The van der Waals surface area contributed by atoms with Gasteiger partial charge in [0.05, 0.1) is 19.3 Å². The number of ether oxygens (including phenoxy) is 1. The molecule has 0 radical (unpaired) electrons. The van der Waals surface area contributed by atoms with Gasteiger partial charge in [-0.05, 0) is 12.8 Å². The van der Waals surface area contributed by atoms with Crippen molar-refractivity contribution in [2.24, 2.45) is 0 Å². The fourth-order valence-corrected chi connectivity index (χ4v) is 2.30. The number of aliphatic hydroxyl groups is 1. The van der Waals surface area contributed by atoms with Crippen LogP contribution in [0.25, 0.3) is 0 Å². The second kappa shape index (κ2) is 15.0. The molecule has 2 heteroatoms. The van der Waals surface area contributed by atoms with Gasteiger partial charge in [-0.1, -0.05) is 71.6 Å². The van der Waals surface area contributed by atoms with Crippen molar-refractivity contribution in [2.75, 3.05) is 13.2 Å². The number of rotatable bonds is 14. The number of hydrogen-bond acceptors (Lipinski definition) is 2. The summed E-state index contributed by atoms with van der Waals surface area (Å²) in [4.78, 5) is 0. The third-order valence-electron chi connectivity index (χ3n) is 3.45. The van der Waals surface area contributed by atoms with E-state index in [4.69, 9.17) is 9.84 Å². The third-order valence-corrected chi connectivity index (χ3v) is 3.45. The predicted octanol–water partition coefficient (Wildman–Crippen LogP) is 4.69. The molecule has 110 valence electrons. The average Bonchev–Trinajstić information content (AvgIpc) is 2.39. The van der Waals surface area contributed by atoms with Crippen molar-refractivity contribution in [3.05, 3.63) is 0 Å². The molecule has 0 saturated heterocycles. The van der Waals surface area contributed by atoms with E-state index >= 15 is 0 Å². The summed E-state index contributed by atoms with van der Waals surface area (Å²) in [6.07, 6.45) is 14.6. The molecule has 0 fully saturated rings. The fraction of sp³-hybridized carbons (Fsp3) is 1.00. The van der Waals surface area contributed by atoms with Crippen LogP contribution in [0.4, 0.5) is 0 Å². The van der Waals surface area contributed by atoms with E-state index in [0.717, 1.165) is 0 Å². The molecular weight excluding hydrogens is 224 g/mol. The molecule has 0 aliphatic rings. The van der Waals surface area contributed by atoms with Crippen LogP contribution in [0.2, 0.25) is 0 Å². The first-order valence-corrected chi connectivity index (χ1v) is 8.07. The average molecular weight is 258 g/mol. The van der Waals surface area contributed by atoms with Gasteiger partial charge in [0.2, 0.25) is 0 Å². The van der Waals surface area contributed by atoms with E-state index < -0.39 is 0 Å². The molecule has 0 spiro atoms. The molecule has 0 aromatic carbocycles. The van der Waals surface area contributed by atoms with Crippen LogP contribution in [-0.4, -0.2) is 24.4 Å². The van der Waals surface area contributed by atoms with E-state index in [2.05, 4.69) is 13.8 Å². The van der Waals surface area contributed by atoms with Crippen LogP contribution in [0, 0.1) is 0 Å². The van der Waals surface area contributed by atoms with Gasteiger partial charge in [0.25, 0.3) is 0 Å². The quantitative estimate of drug-likeness (QED) is 0.458. The number of unbranched alkanes of at least 4 members (excludes halogenated alkanes) is 7. The first-order chi connectivity index (χ1) is 8.85. The predicted molar refractivity (Wildman–Crippen MR) is 79.0 cm³/mol. The Kier molecular flexibility index (Phi) is 14.9. The molecule has 0 rings (SSSR count). The molecule has 0 aromatic heterocycles. The summed E-state index contributed by atoms with van der Waals surface area (Å²) in [7, 11) is 0. The summed E-state index contributed by atoms with van der Waals surface area (Å²) in [6, 6.07) is 0. The summed E-state index contributed by atoms with van der Waals surface area (Å²) in [5.41, 5.74) is 0. The molecule has 1 atom stereocenters. The second-order valence-electron chi connectivity index (χ2n) is 5.27. The number of hydrogen-bond donors (Lipinski definition) is 1. The van der Waals surface area contributed by atoms with Gasteiger partial charge in [-0.3, -0.25) is 0 Å². The molecule has 1 unspecified atom stereocenters. The third kappa shape index (κ3) is 12.4. The molecule has 0 amide bonds. The first kappa shape index (κ1) is 17.9. The summed E-state index contributed by atoms with van der Waals surface area (Å²) >= 11 is 0. The maximum atomic E-state index is 8.84. The molecule has 0 aliphatic carbocycles. The minimum Gasteiger partial charge on any atom is -0.394 e. The maximum Gasteiger partial charge on any atom is 0.0701 e. The van der Waals surface area contributed by atoms with Crippen LogP contribution in [0.5, 0.6) is 0 Å². The Labute approximate surface area is 114 Å². The van der Waals surface area contributed by atoms with Gasteiger partial charge in [0.15, 0.2) is 0 Å². The van der Waals surface area contributed by atoms with Crippen molar-refractivity contribution in [3.8, 4) is 0 Å². The van der Waals surface area contributed by atoms with Crippen LogP contribution >= 0.6 is 0 Å². The lowest BCUT2D eigenvalue weighted by molar-refractivity contribution is 0.0167. The minimum atomic E-state index is 0.154. The minimum absolute atomic E-state index is 0.154. The topological polar surface area (TPSA) is 29.5 Å². The fourth-order valence-electron chi connectivity index (χ4n) is 2.30. The van der Waals surface area contributed by atoms with Crippen LogP contribution < -0.4 is 0 Å². The van der Waals surface area contributed by atoms with E-state index in [1.54, 1.807) is 0 Å². The lowest BCUT2D eigenvalue weighted by Gasteiger charge is -2.17. The Balaban J connectivity index is 3.56. The molecule has 0 aliphatic heterocycles. The standard InChI is InChI=1S/C16H34O2/c1-3-5-7-9-11-13-16(18-15-14-17)12-10-8-6-4-2/h16-17H,3-15H2,1-2H3. The van der Waals surface area contributed by atoms with Gasteiger partial charge in [-0.25, -0.2) is 0 Å². The van der Waals surface area contributed by atoms with Gasteiger partial charge in [0, 0.05) is 0 Å². The SMILES string of the molecule is CCCCCCCC(CCCCCC)OCCO. The second-order valence-corrected chi connectivity index (χ2v) is 5.27. The van der Waals surface area contributed by atoms with Crippen molar-refractivity contribution >= 4 is 0 Å². The lowest BCUT2D eigenvalue weighted by atomic mass is 10.0. The maximum absolute atomic E-state index is 8.84. The van der Waals surface area contributed by atoms with Crippen LogP contribution in [-0.2, 0) is 4.74 Å². The van der Waals surface area contributed by atoms with E-state index in [1.807, 2.05) is 0 Å². The zero-order chi connectivity index (χ0) is 13.5. The Morgan fingerprint density at radius 1 is 0.778 bits per heavy atom. The highest BCUT2D eigenvalue weighted by Crippen LogP contribution is 2.15. The number of aliphatic hydroxyl groups excluding tert-OH is 1. The van der Waals surface area contributed by atoms with Crippen molar-refractivity contribution in [1.29, 1.82) is 0 Å². The molecule has 0 heterocycles. The van der Waals surface area contributed by atoms with Gasteiger partial charge < -0.3 is 9.84 Å². The van der Waals surface area contributed by atoms with Crippen molar-refractivity contribution < 1.29 is 9.84 Å². The monoisotopic (exact) mass is 258 g/mol. The summed E-state index contributed by atoms with van der Waals surface area (Å²) < 4.78 is 5.73. The molecule has 2 nitrogen and oxygen atoms in total. The molecule has 0 saturated carbocycles. The Bertz CT molecular complexity index is 148. The molecule has 1 N–H and O–H groups in total. The lowest BCUT2D eigenvalue weighted by Crippen LogP contribution is -2.15. The highest BCUT2D eigenvalue weighted by molar-refractivity contribution is 4.60. The van der Waals surface area contributed by atoms with Gasteiger partial charge in [0.1, 0.15) is 0 Å². The normalized spacial score (nSPS) is 12.8. The molecule has 0 bridgehead atoms. The van der Waals surface area contributed by atoms with Crippen molar-refractivity contribution in [1.82, 2.24) is 0 Å². The summed E-state index contributed by atoms with van der Waals surface area (Å²) in [6.45, 7) is 5.16. The van der Waals surface area contributed by atoms with Gasteiger partial charge in [-0.2, -0.15) is 0 Å². The Morgan fingerprint density at radius 3 is 1.78 bits per heavy atom. The van der Waals surface area contributed by atoms with Gasteiger partial charge >= 0.3 is 0 Å². The van der Waals surface area contributed by atoms with E-state index in [1.165, 1.54) is 70.6 Å². The molecular formula is C16H34O2. The smallest absolute Gasteiger partial charge is 0.0701 e. The van der Waals surface area contributed by atoms with Gasteiger partial charge in [-0.15, -0.1) is 0 Å². The van der Waals surface area contributed by atoms with Crippen LogP contribution in [0.3, 0.4) is 0 Å². The highest BCUT2D eigenvalue weighted by Gasteiger charge is 2.08. The van der Waals surface area contributed by atoms with Crippen LogP contribution in [0.1, 0.15) is 84.5 Å². The Morgan fingerprint density at radius 2 is 1.28 bits per heavy atom. The van der Waals surface area contributed by atoms with E-state index in [0.29, 0.717) is 12.7 Å². The molecule has 18 heavy (non-hydrogen) atoms. The highest BCUT2D eigenvalue weighted by atomic mass is 16.5. The molecule has 0 aromatic rings. The van der Waals surface area contributed by atoms with E-state index in [9.17, 15) is 0 Å².